The Balaban J connectivity index is 2.33. The van der Waals surface area contributed by atoms with E-state index in [1.54, 1.807) is 18.2 Å². The summed E-state index contributed by atoms with van der Waals surface area (Å²) in [5.74, 6) is -0.234. The van der Waals surface area contributed by atoms with Crippen LogP contribution in [0.25, 0.3) is 0 Å². The van der Waals surface area contributed by atoms with Gasteiger partial charge in [0, 0.05) is 6.54 Å². The van der Waals surface area contributed by atoms with Gasteiger partial charge in [-0.2, -0.15) is 5.26 Å². The highest BCUT2D eigenvalue weighted by molar-refractivity contribution is 5.44. The molecule has 0 aromatic heterocycles. The quantitative estimate of drug-likeness (QED) is 0.770. The highest BCUT2D eigenvalue weighted by Crippen LogP contribution is 2.20. The second kappa shape index (κ2) is 5.50. The normalized spacial score (nSPS) is 10.9. The van der Waals surface area contributed by atoms with Gasteiger partial charge >= 0.3 is 0 Å². The van der Waals surface area contributed by atoms with Crippen LogP contribution in [0.1, 0.15) is 26.7 Å². The summed E-state index contributed by atoms with van der Waals surface area (Å²) in [6.45, 7) is 4.51. The fourth-order valence-electron chi connectivity index (χ4n) is 1.41. The van der Waals surface area contributed by atoms with Crippen molar-refractivity contribution in [3.05, 3.63) is 30.1 Å². The first-order valence-corrected chi connectivity index (χ1v) is 5.45. The Hall–Kier alpha value is -1.56. The molecule has 0 saturated carbocycles. The molecule has 0 heterocycles. The molecular formula is C13H17FN2. The van der Waals surface area contributed by atoms with Crippen LogP contribution in [0, 0.1) is 22.6 Å². The molecule has 1 N–H and O–H groups in total. The summed E-state index contributed by atoms with van der Waals surface area (Å²) < 4.78 is 13.2. The van der Waals surface area contributed by atoms with E-state index in [2.05, 4.69) is 11.4 Å². The van der Waals surface area contributed by atoms with E-state index < -0.39 is 0 Å². The molecule has 16 heavy (non-hydrogen) atoms. The Bertz CT molecular complexity index is 380. The predicted octanol–water partition coefficient (Wildman–Crippen LogP) is 3.57. The Labute approximate surface area is 96.1 Å². The molecule has 0 saturated heterocycles. The lowest BCUT2D eigenvalue weighted by atomic mass is 9.90. The average molecular weight is 220 g/mol. The highest BCUT2D eigenvalue weighted by Gasteiger charge is 2.15. The van der Waals surface area contributed by atoms with E-state index >= 15 is 0 Å². The number of nitriles is 1. The van der Waals surface area contributed by atoms with Crippen LogP contribution in [0.4, 0.5) is 10.1 Å². The van der Waals surface area contributed by atoms with Crippen molar-refractivity contribution in [2.75, 3.05) is 11.9 Å². The van der Waals surface area contributed by atoms with Crippen LogP contribution in [0.15, 0.2) is 24.3 Å². The van der Waals surface area contributed by atoms with Gasteiger partial charge in [-0.3, -0.25) is 0 Å². The second-order valence-corrected chi connectivity index (χ2v) is 4.51. The van der Waals surface area contributed by atoms with Gasteiger partial charge in [0.2, 0.25) is 0 Å². The van der Waals surface area contributed by atoms with Gasteiger partial charge in [0.15, 0.2) is 0 Å². The summed E-state index contributed by atoms with van der Waals surface area (Å²) in [4.78, 5) is 0. The molecule has 0 aliphatic rings. The zero-order valence-electron chi connectivity index (χ0n) is 9.76. The van der Waals surface area contributed by atoms with E-state index in [0.29, 0.717) is 12.2 Å². The Morgan fingerprint density at radius 1 is 1.38 bits per heavy atom. The molecule has 86 valence electrons. The smallest absolute Gasteiger partial charge is 0.146 e. The van der Waals surface area contributed by atoms with Gasteiger partial charge in [-0.05, 0) is 38.8 Å². The summed E-state index contributed by atoms with van der Waals surface area (Å²) in [5, 5.41) is 11.8. The number of anilines is 1. The summed E-state index contributed by atoms with van der Waals surface area (Å²) in [5.41, 5.74) is 0.231. The molecule has 0 amide bonds. The molecule has 0 atom stereocenters. The molecule has 0 radical (unpaired) electrons. The van der Waals surface area contributed by atoms with Gasteiger partial charge in [-0.15, -0.1) is 0 Å². The van der Waals surface area contributed by atoms with E-state index in [1.807, 2.05) is 13.8 Å². The van der Waals surface area contributed by atoms with E-state index in [1.165, 1.54) is 6.07 Å². The molecule has 1 aromatic carbocycles. The van der Waals surface area contributed by atoms with Crippen LogP contribution in [0.3, 0.4) is 0 Å². The number of nitrogens with one attached hydrogen (secondary N) is 1. The lowest BCUT2D eigenvalue weighted by molar-refractivity contribution is 0.441. The zero-order chi connectivity index (χ0) is 12.0. The van der Waals surface area contributed by atoms with Crippen molar-refractivity contribution in [2.45, 2.75) is 26.7 Å². The lowest BCUT2D eigenvalue weighted by Crippen LogP contribution is -2.11. The second-order valence-electron chi connectivity index (χ2n) is 4.51. The summed E-state index contributed by atoms with van der Waals surface area (Å²) in [6, 6.07) is 8.86. The number of benzene rings is 1. The minimum atomic E-state index is -0.295. The van der Waals surface area contributed by atoms with Crippen molar-refractivity contribution in [1.82, 2.24) is 0 Å². The van der Waals surface area contributed by atoms with Crippen LogP contribution in [-0.4, -0.2) is 6.54 Å². The standard InChI is InChI=1S/C13H17FN2/c1-13(2,10-15)8-5-9-16-12-7-4-3-6-11(12)14/h3-4,6-7,16H,5,8-9H2,1-2H3. The van der Waals surface area contributed by atoms with Crippen molar-refractivity contribution >= 4 is 5.69 Å². The maximum atomic E-state index is 13.2. The number of hydrogen-bond acceptors (Lipinski definition) is 2. The van der Waals surface area contributed by atoms with Crippen molar-refractivity contribution in [1.29, 1.82) is 5.26 Å². The molecule has 1 rings (SSSR count). The minimum absolute atomic E-state index is 0.234. The number of nitrogens with zero attached hydrogens (tertiary/aromatic N) is 1. The van der Waals surface area contributed by atoms with Crippen LogP contribution in [0.2, 0.25) is 0 Å². The Kier molecular flexibility index (Phi) is 4.30. The number of hydrogen-bond donors (Lipinski definition) is 1. The van der Waals surface area contributed by atoms with E-state index in [9.17, 15) is 4.39 Å². The molecule has 0 unspecified atom stereocenters. The van der Waals surface area contributed by atoms with Crippen LogP contribution in [-0.2, 0) is 0 Å². The van der Waals surface area contributed by atoms with Crippen molar-refractivity contribution in [2.24, 2.45) is 5.41 Å². The summed E-state index contributed by atoms with van der Waals surface area (Å²) >= 11 is 0. The van der Waals surface area contributed by atoms with Gasteiger partial charge in [0.25, 0.3) is 0 Å². The maximum Gasteiger partial charge on any atom is 0.146 e. The molecule has 0 fully saturated rings. The molecule has 2 nitrogen and oxygen atoms in total. The number of halogens is 1. The van der Waals surface area contributed by atoms with Gasteiger partial charge in [0.1, 0.15) is 5.82 Å². The van der Waals surface area contributed by atoms with Gasteiger partial charge in [-0.25, -0.2) is 4.39 Å². The zero-order valence-corrected chi connectivity index (χ0v) is 9.76. The van der Waals surface area contributed by atoms with E-state index in [4.69, 9.17) is 5.26 Å². The summed E-state index contributed by atoms with van der Waals surface area (Å²) in [7, 11) is 0. The van der Waals surface area contributed by atoms with Crippen LogP contribution < -0.4 is 5.32 Å². The first-order chi connectivity index (χ1) is 7.55. The van der Waals surface area contributed by atoms with Crippen molar-refractivity contribution in [3.8, 4) is 6.07 Å². The van der Waals surface area contributed by atoms with Gasteiger partial charge in [0.05, 0.1) is 17.2 Å². The Morgan fingerprint density at radius 2 is 2.06 bits per heavy atom. The average Bonchev–Trinajstić information content (AvgIpc) is 2.27. The van der Waals surface area contributed by atoms with E-state index in [0.717, 1.165) is 12.8 Å². The molecule has 0 aliphatic carbocycles. The molecule has 0 spiro atoms. The minimum Gasteiger partial charge on any atom is -0.383 e. The molecule has 1 aromatic rings. The lowest BCUT2D eigenvalue weighted by Gasteiger charge is -2.15. The fourth-order valence-corrected chi connectivity index (χ4v) is 1.41. The number of para-hydroxylation sites is 1. The molecule has 3 heteroatoms. The van der Waals surface area contributed by atoms with Gasteiger partial charge in [-0.1, -0.05) is 12.1 Å². The first kappa shape index (κ1) is 12.5. The third-order valence-corrected chi connectivity index (χ3v) is 2.47. The molecule has 0 bridgehead atoms. The number of rotatable bonds is 5. The third-order valence-electron chi connectivity index (χ3n) is 2.47. The van der Waals surface area contributed by atoms with Crippen molar-refractivity contribution in [3.63, 3.8) is 0 Å². The van der Waals surface area contributed by atoms with Crippen LogP contribution in [0.5, 0.6) is 0 Å². The van der Waals surface area contributed by atoms with Crippen molar-refractivity contribution < 1.29 is 4.39 Å². The predicted molar refractivity (Wildman–Crippen MR) is 63.5 cm³/mol. The van der Waals surface area contributed by atoms with E-state index in [-0.39, 0.29) is 11.2 Å². The molecule has 0 aliphatic heterocycles. The van der Waals surface area contributed by atoms with Crippen LogP contribution >= 0.6 is 0 Å². The summed E-state index contributed by atoms with van der Waals surface area (Å²) in [6.07, 6.45) is 1.67. The maximum absolute atomic E-state index is 13.2. The topological polar surface area (TPSA) is 35.8 Å². The third kappa shape index (κ3) is 3.90. The molecular weight excluding hydrogens is 203 g/mol. The SMILES string of the molecule is CC(C)(C#N)CCCNc1ccccc1F. The highest BCUT2D eigenvalue weighted by atomic mass is 19.1. The monoisotopic (exact) mass is 220 g/mol. The fraction of sp³-hybridized carbons (Fsp3) is 0.462. The largest absolute Gasteiger partial charge is 0.383 e. The Morgan fingerprint density at radius 3 is 2.69 bits per heavy atom. The first-order valence-electron chi connectivity index (χ1n) is 5.45. The van der Waals surface area contributed by atoms with Gasteiger partial charge < -0.3 is 5.32 Å².